The van der Waals surface area contributed by atoms with Gasteiger partial charge in [-0.05, 0) is 31.0 Å². The third-order valence-electron chi connectivity index (χ3n) is 4.37. The van der Waals surface area contributed by atoms with Gasteiger partial charge in [0.15, 0.2) is 0 Å². The molecule has 1 saturated heterocycles. The summed E-state index contributed by atoms with van der Waals surface area (Å²) >= 11 is 5.92. The van der Waals surface area contributed by atoms with Crippen molar-refractivity contribution in [2.24, 2.45) is 0 Å². The second kappa shape index (κ2) is 5.68. The minimum absolute atomic E-state index is 0.249. The minimum Gasteiger partial charge on any atom is -0.369 e. The molecule has 0 spiro atoms. The van der Waals surface area contributed by atoms with Crippen molar-refractivity contribution in [3.05, 3.63) is 29.0 Å². The number of rotatable bonds is 2. The smallest absolute Gasteiger partial charge is 0.126 e. The molecule has 104 valence electrons. The first-order valence-corrected chi connectivity index (χ1v) is 7.55. The van der Waals surface area contributed by atoms with Gasteiger partial charge in [0.2, 0.25) is 0 Å². The van der Waals surface area contributed by atoms with Crippen LogP contribution < -0.4 is 4.90 Å². The summed E-state index contributed by atoms with van der Waals surface area (Å²) in [5.74, 6) is -0.249. The fourth-order valence-electron chi connectivity index (χ4n) is 3.34. The van der Waals surface area contributed by atoms with E-state index in [0.29, 0.717) is 5.02 Å². The predicted molar refractivity (Wildman–Crippen MR) is 77.5 cm³/mol. The summed E-state index contributed by atoms with van der Waals surface area (Å²) in [6.07, 6.45) is 5.46. The molecule has 1 saturated carbocycles. The predicted octanol–water partition coefficient (Wildman–Crippen LogP) is 3.54. The highest BCUT2D eigenvalue weighted by Crippen LogP contribution is 2.27. The fraction of sp³-hybridized carbons (Fsp3) is 0.600. The van der Waals surface area contributed by atoms with Crippen molar-refractivity contribution in [3.63, 3.8) is 0 Å². The van der Waals surface area contributed by atoms with E-state index >= 15 is 0 Å². The fourth-order valence-corrected chi connectivity index (χ4v) is 3.55. The van der Waals surface area contributed by atoms with E-state index in [0.717, 1.165) is 37.9 Å². The number of hydrogen-bond acceptors (Lipinski definition) is 2. The van der Waals surface area contributed by atoms with Gasteiger partial charge in [-0.3, -0.25) is 4.90 Å². The molecular weight excluding hydrogens is 263 g/mol. The lowest BCUT2D eigenvalue weighted by Crippen LogP contribution is -2.49. The summed E-state index contributed by atoms with van der Waals surface area (Å²) in [7, 11) is 0. The van der Waals surface area contributed by atoms with Gasteiger partial charge in [0.1, 0.15) is 5.82 Å². The maximum absolute atomic E-state index is 13.4. The number of halogens is 2. The SMILES string of the molecule is Fc1cc(Cl)cc(N2CCN(C3CCCC3)CC2)c1. The van der Waals surface area contributed by atoms with Crippen LogP contribution in [0.3, 0.4) is 0 Å². The van der Waals surface area contributed by atoms with Gasteiger partial charge < -0.3 is 4.90 Å². The maximum Gasteiger partial charge on any atom is 0.126 e. The van der Waals surface area contributed by atoms with Crippen LogP contribution in [0.25, 0.3) is 0 Å². The van der Waals surface area contributed by atoms with Gasteiger partial charge in [0, 0.05) is 42.9 Å². The molecule has 0 atom stereocenters. The zero-order valence-corrected chi connectivity index (χ0v) is 11.9. The summed E-state index contributed by atoms with van der Waals surface area (Å²) in [6.45, 7) is 4.10. The molecule has 19 heavy (non-hydrogen) atoms. The number of nitrogens with zero attached hydrogens (tertiary/aromatic N) is 2. The quantitative estimate of drug-likeness (QED) is 0.819. The van der Waals surface area contributed by atoms with Crippen LogP contribution >= 0.6 is 11.6 Å². The van der Waals surface area contributed by atoms with Gasteiger partial charge in [-0.25, -0.2) is 4.39 Å². The third kappa shape index (κ3) is 3.03. The highest BCUT2D eigenvalue weighted by atomic mass is 35.5. The number of hydrogen-bond donors (Lipinski definition) is 0. The van der Waals surface area contributed by atoms with Crippen molar-refractivity contribution in [2.45, 2.75) is 31.7 Å². The monoisotopic (exact) mass is 282 g/mol. The molecule has 0 N–H and O–H groups in total. The lowest BCUT2D eigenvalue weighted by molar-refractivity contribution is 0.187. The second-order valence-electron chi connectivity index (χ2n) is 5.59. The van der Waals surface area contributed by atoms with Gasteiger partial charge >= 0.3 is 0 Å². The van der Waals surface area contributed by atoms with Crippen LogP contribution in [0.1, 0.15) is 25.7 Å². The average Bonchev–Trinajstić information content (AvgIpc) is 2.91. The largest absolute Gasteiger partial charge is 0.369 e. The molecule has 1 heterocycles. The lowest BCUT2D eigenvalue weighted by atomic mass is 10.1. The van der Waals surface area contributed by atoms with Gasteiger partial charge in [0.25, 0.3) is 0 Å². The van der Waals surface area contributed by atoms with Crippen LogP contribution in [0.2, 0.25) is 5.02 Å². The van der Waals surface area contributed by atoms with Crippen LogP contribution in [-0.4, -0.2) is 37.1 Å². The minimum atomic E-state index is -0.249. The summed E-state index contributed by atoms with van der Waals surface area (Å²) < 4.78 is 13.4. The summed E-state index contributed by atoms with van der Waals surface area (Å²) in [5.41, 5.74) is 0.913. The third-order valence-corrected chi connectivity index (χ3v) is 4.59. The molecule has 1 aromatic carbocycles. The molecule has 0 radical (unpaired) electrons. The summed E-state index contributed by atoms with van der Waals surface area (Å²) in [6, 6.07) is 5.59. The Morgan fingerprint density at radius 3 is 2.32 bits per heavy atom. The van der Waals surface area contributed by atoms with Crippen LogP contribution in [0, 0.1) is 5.82 Å². The Hall–Kier alpha value is -0.800. The highest BCUT2D eigenvalue weighted by molar-refractivity contribution is 6.30. The first-order chi connectivity index (χ1) is 9.22. The first kappa shape index (κ1) is 13.2. The summed E-state index contributed by atoms with van der Waals surface area (Å²) in [5, 5.41) is 0.480. The Morgan fingerprint density at radius 1 is 1.00 bits per heavy atom. The topological polar surface area (TPSA) is 6.48 Å². The van der Waals surface area contributed by atoms with E-state index in [1.165, 1.54) is 31.7 Å². The van der Waals surface area contributed by atoms with Gasteiger partial charge in [-0.15, -0.1) is 0 Å². The molecule has 1 aromatic rings. The van der Waals surface area contributed by atoms with Gasteiger partial charge in [-0.1, -0.05) is 24.4 Å². The number of benzene rings is 1. The van der Waals surface area contributed by atoms with Crippen LogP contribution in [0.15, 0.2) is 18.2 Å². The molecule has 0 bridgehead atoms. The standard InChI is InChI=1S/C15H20ClFN2/c16-12-9-13(17)11-15(10-12)19-7-5-18(6-8-19)14-3-1-2-4-14/h9-11,14H,1-8H2. The molecule has 2 aliphatic rings. The zero-order chi connectivity index (χ0) is 13.2. The molecule has 0 unspecified atom stereocenters. The van der Waals surface area contributed by atoms with Gasteiger partial charge in [0.05, 0.1) is 0 Å². The van der Waals surface area contributed by atoms with E-state index in [4.69, 9.17) is 11.6 Å². The van der Waals surface area contributed by atoms with Crippen molar-refractivity contribution in [1.82, 2.24) is 4.90 Å². The van der Waals surface area contributed by atoms with Crippen molar-refractivity contribution >= 4 is 17.3 Å². The van der Waals surface area contributed by atoms with Gasteiger partial charge in [-0.2, -0.15) is 0 Å². The Balaban J connectivity index is 1.63. The van der Waals surface area contributed by atoms with Crippen molar-refractivity contribution < 1.29 is 4.39 Å². The molecular formula is C15H20ClFN2. The van der Waals surface area contributed by atoms with E-state index in [-0.39, 0.29) is 5.82 Å². The Kier molecular flexibility index (Phi) is 3.94. The number of anilines is 1. The van der Waals surface area contributed by atoms with E-state index in [1.54, 1.807) is 6.07 Å². The van der Waals surface area contributed by atoms with Crippen LogP contribution in [0.4, 0.5) is 10.1 Å². The second-order valence-corrected chi connectivity index (χ2v) is 6.03. The van der Waals surface area contributed by atoms with E-state index in [1.807, 2.05) is 6.07 Å². The lowest BCUT2D eigenvalue weighted by Gasteiger charge is -2.39. The first-order valence-electron chi connectivity index (χ1n) is 7.17. The molecule has 3 rings (SSSR count). The van der Waals surface area contributed by atoms with Crippen molar-refractivity contribution in [2.75, 3.05) is 31.1 Å². The average molecular weight is 283 g/mol. The van der Waals surface area contributed by atoms with Crippen molar-refractivity contribution in [1.29, 1.82) is 0 Å². The normalized spacial score (nSPS) is 22.1. The summed E-state index contributed by atoms with van der Waals surface area (Å²) in [4.78, 5) is 4.84. The Bertz CT molecular complexity index is 418. The van der Waals surface area contributed by atoms with Crippen LogP contribution in [-0.2, 0) is 0 Å². The molecule has 0 amide bonds. The molecule has 4 heteroatoms. The van der Waals surface area contributed by atoms with E-state index < -0.39 is 0 Å². The van der Waals surface area contributed by atoms with E-state index in [2.05, 4.69) is 9.80 Å². The molecule has 1 aliphatic heterocycles. The van der Waals surface area contributed by atoms with Crippen molar-refractivity contribution in [3.8, 4) is 0 Å². The Morgan fingerprint density at radius 2 is 1.68 bits per heavy atom. The van der Waals surface area contributed by atoms with Crippen LogP contribution in [0.5, 0.6) is 0 Å². The Labute approximate surface area is 119 Å². The molecule has 2 fully saturated rings. The zero-order valence-electron chi connectivity index (χ0n) is 11.1. The highest BCUT2D eigenvalue weighted by Gasteiger charge is 2.26. The maximum atomic E-state index is 13.4. The molecule has 2 nitrogen and oxygen atoms in total. The molecule has 0 aromatic heterocycles. The van der Waals surface area contributed by atoms with E-state index in [9.17, 15) is 4.39 Å². The molecule has 1 aliphatic carbocycles. The number of piperazine rings is 1.